The van der Waals surface area contributed by atoms with E-state index in [1.807, 2.05) is 6.92 Å². The van der Waals surface area contributed by atoms with Gasteiger partial charge >= 0.3 is 0 Å². The molecule has 32 heavy (non-hydrogen) atoms. The number of pyridine rings is 1. The lowest BCUT2D eigenvalue weighted by molar-refractivity contribution is 0.0988. The Morgan fingerprint density at radius 1 is 1.22 bits per heavy atom. The molecule has 0 saturated heterocycles. The number of halogens is 1. The topological polar surface area (TPSA) is 102 Å². The van der Waals surface area contributed by atoms with Crippen LogP contribution in [-0.2, 0) is 21.8 Å². The normalized spacial score (nSPS) is 27.4. The van der Waals surface area contributed by atoms with E-state index in [-0.39, 0.29) is 35.3 Å². The van der Waals surface area contributed by atoms with Gasteiger partial charge in [-0.3, -0.25) is 14.8 Å². The lowest BCUT2D eigenvalue weighted by Gasteiger charge is -2.46. The van der Waals surface area contributed by atoms with E-state index in [1.54, 1.807) is 32.2 Å². The first kappa shape index (κ1) is 22.6. The SMILES string of the molecule is Cc1ccc(C(=O)Cc2ccc(F)c([C@]3(C)CS(=O)(=O)[C@@](C)(C4CCC4)C(N)=N3)c2)nc1. The summed E-state index contributed by atoms with van der Waals surface area (Å²) in [4.78, 5) is 21.3. The van der Waals surface area contributed by atoms with Crippen LogP contribution in [0.5, 0.6) is 0 Å². The number of aryl methyl sites for hydroxylation is 1. The molecule has 0 spiro atoms. The molecule has 0 amide bonds. The number of nitrogens with two attached hydrogens (primary N) is 1. The van der Waals surface area contributed by atoms with E-state index < -0.39 is 25.9 Å². The average molecular weight is 458 g/mol. The highest BCUT2D eigenvalue weighted by Crippen LogP contribution is 2.47. The van der Waals surface area contributed by atoms with Crippen LogP contribution < -0.4 is 5.73 Å². The number of Topliss-reactive ketones (excluding diaryl/α,β-unsaturated/α-hetero) is 1. The Morgan fingerprint density at radius 2 is 1.94 bits per heavy atom. The standard InChI is InChI=1S/C24H28FN3O3S/c1-15-7-10-20(27-13-15)21(29)12-16-8-9-19(25)18(11-16)23(2)14-32(30,31)24(3,22(26)28-23)17-5-4-6-17/h7-11,13,17H,4-6,12,14H2,1-3H3,(H2,26,28)/t23-,24-/m0/s1. The molecule has 1 aliphatic carbocycles. The van der Waals surface area contributed by atoms with Crippen molar-refractivity contribution in [3.8, 4) is 0 Å². The number of hydrogen-bond donors (Lipinski definition) is 1. The zero-order chi connectivity index (χ0) is 23.3. The van der Waals surface area contributed by atoms with Gasteiger partial charge in [-0.05, 0) is 68.9 Å². The summed E-state index contributed by atoms with van der Waals surface area (Å²) in [7, 11) is -3.69. The van der Waals surface area contributed by atoms with Crippen molar-refractivity contribution < 1.29 is 17.6 Å². The summed E-state index contributed by atoms with van der Waals surface area (Å²) in [5.74, 6) is -1.13. The number of amidine groups is 1. The van der Waals surface area contributed by atoms with Crippen LogP contribution in [0, 0.1) is 18.7 Å². The highest BCUT2D eigenvalue weighted by Gasteiger charge is 2.57. The van der Waals surface area contributed by atoms with Crippen LogP contribution in [0.2, 0.25) is 0 Å². The van der Waals surface area contributed by atoms with Gasteiger partial charge in [-0.1, -0.05) is 18.6 Å². The van der Waals surface area contributed by atoms with Gasteiger partial charge in [0.25, 0.3) is 0 Å². The van der Waals surface area contributed by atoms with Gasteiger partial charge < -0.3 is 5.73 Å². The molecule has 2 atom stereocenters. The van der Waals surface area contributed by atoms with Gasteiger partial charge in [-0.15, -0.1) is 0 Å². The van der Waals surface area contributed by atoms with Gasteiger partial charge in [0.2, 0.25) is 0 Å². The Bertz CT molecular complexity index is 1210. The van der Waals surface area contributed by atoms with E-state index in [1.165, 1.54) is 18.2 Å². The van der Waals surface area contributed by atoms with Crippen LogP contribution in [0.3, 0.4) is 0 Å². The number of sulfone groups is 1. The van der Waals surface area contributed by atoms with Crippen LogP contribution in [0.1, 0.15) is 60.3 Å². The monoisotopic (exact) mass is 457 g/mol. The molecule has 170 valence electrons. The van der Waals surface area contributed by atoms with Crippen molar-refractivity contribution in [3.05, 3.63) is 64.7 Å². The maximum atomic E-state index is 14.9. The fourth-order valence-electron chi connectivity index (χ4n) is 4.65. The van der Waals surface area contributed by atoms with Crippen LogP contribution in [0.4, 0.5) is 4.39 Å². The third kappa shape index (κ3) is 3.64. The van der Waals surface area contributed by atoms with E-state index >= 15 is 0 Å². The van der Waals surface area contributed by atoms with Crippen LogP contribution >= 0.6 is 0 Å². The third-order valence-electron chi connectivity index (χ3n) is 7.05. The molecule has 1 saturated carbocycles. The molecule has 2 N–H and O–H groups in total. The molecule has 1 aromatic carbocycles. The minimum atomic E-state index is -3.69. The summed E-state index contributed by atoms with van der Waals surface area (Å²) in [6.07, 6.45) is 4.20. The van der Waals surface area contributed by atoms with E-state index in [9.17, 15) is 17.6 Å². The molecule has 6 nitrogen and oxygen atoms in total. The Labute approximate surface area is 188 Å². The molecule has 0 unspecified atom stereocenters. The predicted molar refractivity (Wildman–Crippen MR) is 122 cm³/mol. The van der Waals surface area contributed by atoms with Crippen LogP contribution in [0.25, 0.3) is 0 Å². The molecule has 4 rings (SSSR count). The van der Waals surface area contributed by atoms with Crippen molar-refractivity contribution >= 4 is 21.5 Å². The highest BCUT2D eigenvalue weighted by atomic mass is 32.2. The maximum absolute atomic E-state index is 14.9. The number of aliphatic imine (C=N–C) groups is 1. The van der Waals surface area contributed by atoms with Crippen molar-refractivity contribution in [2.75, 3.05) is 5.75 Å². The first-order valence-corrected chi connectivity index (χ1v) is 12.4. The van der Waals surface area contributed by atoms with Gasteiger partial charge in [-0.2, -0.15) is 0 Å². The average Bonchev–Trinajstić information content (AvgIpc) is 2.66. The number of nitrogens with zero attached hydrogens (tertiary/aromatic N) is 2. The quantitative estimate of drug-likeness (QED) is 0.692. The van der Waals surface area contributed by atoms with Gasteiger partial charge in [0, 0.05) is 18.2 Å². The number of hydrogen-bond acceptors (Lipinski definition) is 6. The minimum Gasteiger partial charge on any atom is -0.386 e. The van der Waals surface area contributed by atoms with Crippen molar-refractivity contribution in [1.82, 2.24) is 4.98 Å². The minimum absolute atomic E-state index is 0.0190. The smallest absolute Gasteiger partial charge is 0.185 e. The summed E-state index contributed by atoms with van der Waals surface area (Å²) < 4.78 is 40.4. The number of carbonyl (C=O) groups is 1. The van der Waals surface area contributed by atoms with Gasteiger partial charge in [0.15, 0.2) is 15.6 Å². The van der Waals surface area contributed by atoms with Crippen LogP contribution in [0.15, 0.2) is 41.5 Å². The summed E-state index contributed by atoms with van der Waals surface area (Å²) in [6, 6.07) is 7.77. The Hall–Kier alpha value is -2.61. The zero-order valence-electron chi connectivity index (χ0n) is 18.6. The second-order valence-electron chi connectivity index (χ2n) is 9.40. The Morgan fingerprint density at radius 3 is 2.50 bits per heavy atom. The van der Waals surface area contributed by atoms with Gasteiger partial charge in [-0.25, -0.2) is 12.8 Å². The molecule has 1 fully saturated rings. The summed E-state index contributed by atoms with van der Waals surface area (Å²) in [6.45, 7) is 5.11. The molecule has 0 radical (unpaired) electrons. The largest absolute Gasteiger partial charge is 0.386 e. The molecule has 2 heterocycles. The fourth-order valence-corrected chi connectivity index (χ4v) is 7.02. The number of benzene rings is 1. The molecular formula is C24H28FN3O3S. The second kappa shape index (κ2) is 7.76. The predicted octanol–water partition coefficient (Wildman–Crippen LogP) is 3.51. The number of ketones is 1. The lowest BCUT2D eigenvalue weighted by atomic mass is 9.75. The molecular weight excluding hydrogens is 429 g/mol. The fraction of sp³-hybridized carbons (Fsp3) is 0.458. The van der Waals surface area contributed by atoms with Crippen molar-refractivity contribution in [3.63, 3.8) is 0 Å². The van der Waals surface area contributed by atoms with Crippen molar-refractivity contribution in [2.45, 2.75) is 56.7 Å². The first-order chi connectivity index (χ1) is 15.0. The summed E-state index contributed by atoms with van der Waals surface area (Å²) in [5, 5.41) is 0. The van der Waals surface area contributed by atoms with E-state index in [0.29, 0.717) is 11.3 Å². The van der Waals surface area contributed by atoms with E-state index in [0.717, 1.165) is 24.8 Å². The molecule has 2 aliphatic rings. The molecule has 8 heteroatoms. The highest BCUT2D eigenvalue weighted by molar-refractivity contribution is 7.93. The van der Waals surface area contributed by atoms with Gasteiger partial charge in [0.05, 0.1) is 5.75 Å². The van der Waals surface area contributed by atoms with Crippen molar-refractivity contribution in [1.29, 1.82) is 0 Å². The molecule has 1 aromatic heterocycles. The first-order valence-electron chi connectivity index (χ1n) is 10.8. The number of rotatable bonds is 5. The number of carbonyl (C=O) groups excluding carboxylic acids is 1. The maximum Gasteiger partial charge on any atom is 0.185 e. The lowest BCUT2D eigenvalue weighted by Crippen LogP contribution is -2.61. The zero-order valence-corrected chi connectivity index (χ0v) is 19.4. The summed E-state index contributed by atoms with van der Waals surface area (Å²) >= 11 is 0. The van der Waals surface area contributed by atoms with Crippen LogP contribution in [-0.4, -0.2) is 35.5 Å². The molecule has 0 bridgehead atoms. The van der Waals surface area contributed by atoms with Crippen molar-refractivity contribution in [2.24, 2.45) is 16.6 Å². The third-order valence-corrected chi connectivity index (χ3v) is 9.83. The van der Waals surface area contributed by atoms with Gasteiger partial charge in [0.1, 0.15) is 27.6 Å². The molecule has 1 aliphatic heterocycles. The van der Waals surface area contributed by atoms with E-state index in [4.69, 9.17) is 5.73 Å². The summed E-state index contributed by atoms with van der Waals surface area (Å²) in [5.41, 5.74) is 6.85. The Balaban J connectivity index is 1.69. The Kier molecular flexibility index (Phi) is 5.48. The number of aromatic nitrogens is 1. The second-order valence-corrected chi connectivity index (χ2v) is 11.8. The molecule has 2 aromatic rings. The van der Waals surface area contributed by atoms with E-state index in [2.05, 4.69) is 9.98 Å².